The molecule has 20 heavy (non-hydrogen) atoms. The molecule has 3 heteroatoms. The molecule has 0 aliphatic carbocycles. The molecule has 2 aromatic carbocycles. The zero-order valence-electron chi connectivity index (χ0n) is 11.5. The van der Waals surface area contributed by atoms with Gasteiger partial charge in [-0.1, -0.05) is 60.2 Å². The number of Topliss-reactive ketones (excluding diaryl/α,β-unsaturated/α-hetero) is 1. The molecule has 0 N–H and O–H groups in total. The second-order valence-corrected chi connectivity index (χ2v) is 6.39. The Balaban J connectivity index is 1.85. The van der Waals surface area contributed by atoms with Gasteiger partial charge in [-0.05, 0) is 12.5 Å². The van der Waals surface area contributed by atoms with Gasteiger partial charge < -0.3 is 0 Å². The van der Waals surface area contributed by atoms with Crippen molar-refractivity contribution in [3.8, 4) is 0 Å². The summed E-state index contributed by atoms with van der Waals surface area (Å²) in [5.74, 6) is 0.994. The van der Waals surface area contributed by atoms with Crippen molar-refractivity contribution >= 4 is 16.6 Å². The van der Waals surface area contributed by atoms with Crippen LogP contribution in [0.5, 0.6) is 0 Å². The second kappa shape index (κ2) is 7.15. The number of benzene rings is 2. The van der Waals surface area contributed by atoms with Crippen LogP contribution in [0.2, 0.25) is 0 Å². The van der Waals surface area contributed by atoms with Crippen LogP contribution in [0, 0.1) is 6.92 Å². The Kier molecular flexibility index (Phi) is 5.24. The average molecular weight is 286 g/mol. The van der Waals surface area contributed by atoms with Crippen LogP contribution in [0.4, 0.5) is 0 Å². The first-order valence-corrected chi connectivity index (χ1v) is 8.13. The lowest BCUT2D eigenvalue weighted by Gasteiger charge is -2.04. The highest BCUT2D eigenvalue weighted by molar-refractivity contribution is 7.84. The van der Waals surface area contributed by atoms with E-state index in [1.54, 1.807) is 12.1 Å². The number of carbonyl (C=O) groups is 1. The third-order valence-electron chi connectivity index (χ3n) is 3.06. The van der Waals surface area contributed by atoms with E-state index in [1.165, 1.54) is 5.56 Å². The fourth-order valence-electron chi connectivity index (χ4n) is 2.03. The van der Waals surface area contributed by atoms with Gasteiger partial charge >= 0.3 is 0 Å². The molecule has 104 valence electrons. The van der Waals surface area contributed by atoms with E-state index >= 15 is 0 Å². The quantitative estimate of drug-likeness (QED) is 0.761. The lowest BCUT2D eigenvalue weighted by molar-refractivity contribution is 0.0989. The Labute approximate surface area is 122 Å². The van der Waals surface area contributed by atoms with Crippen molar-refractivity contribution in [2.24, 2.45) is 0 Å². The Morgan fingerprint density at radius 2 is 1.80 bits per heavy atom. The Morgan fingerprint density at radius 3 is 2.50 bits per heavy atom. The number of ketones is 1. The van der Waals surface area contributed by atoms with E-state index < -0.39 is 10.8 Å². The van der Waals surface area contributed by atoms with Crippen molar-refractivity contribution in [1.82, 2.24) is 0 Å². The molecule has 1 unspecified atom stereocenters. The van der Waals surface area contributed by atoms with Crippen LogP contribution in [-0.2, 0) is 16.6 Å². The molecule has 1 atom stereocenters. The topological polar surface area (TPSA) is 34.1 Å². The summed E-state index contributed by atoms with van der Waals surface area (Å²) < 4.78 is 12.0. The number of carbonyl (C=O) groups excluding carboxylic acids is 1. The van der Waals surface area contributed by atoms with Gasteiger partial charge in [0.2, 0.25) is 0 Å². The normalized spacial score (nSPS) is 12.1. The largest absolute Gasteiger partial charge is 0.294 e. The van der Waals surface area contributed by atoms with Crippen molar-refractivity contribution < 1.29 is 9.00 Å². The van der Waals surface area contributed by atoms with Crippen LogP contribution in [0.15, 0.2) is 54.6 Å². The van der Waals surface area contributed by atoms with Gasteiger partial charge in [0.1, 0.15) is 0 Å². The molecule has 0 aromatic heterocycles. The maximum absolute atomic E-state index is 12.0. The van der Waals surface area contributed by atoms with Crippen LogP contribution in [-0.4, -0.2) is 15.7 Å². The summed E-state index contributed by atoms with van der Waals surface area (Å²) in [5, 5.41) is 0. The maximum Gasteiger partial charge on any atom is 0.163 e. The molecule has 0 radical (unpaired) electrons. The van der Waals surface area contributed by atoms with Crippen molar-refractivity contribution in [2.45, 2.75) is 19.1 Å². The summed E-state index contributed by atoms with van der Waals surface area (Å²) in [5.41, 5.74) is 2.93. The molecule has 2 nitrogen and oxygen atoms in total. The Bertz CT molecular complexity index is 605. The van der Waals surface area contributed by atoms with Crippen LogP contribution in [0.1, 0.15) is 27.9 Å². The zero-order chi connectivity index (χ0) is 14.4. The first kappa shape index (κ1) is 14.7. The minimum absolute atomic E-state index is 0.0585. The van der Waals surface area contributed by atoms with Gasteiger partial charge in [-0.25, -0.2) is 0 Å². The second-order valence-electron chi connectivity index (χ2n) is 4.82. The Morgan fingerprint density at radius 1 is 1.05 bits per heavy atom. The smallest absolute Gasteiger partial charge is 0.163 e. The lowest BCUT2D eigenvalue weighted by atomic mass is 10.1. The summed E-state index contributed by atoms with van der Waals surface area (Å²) in [6, 6.07) is 17.2. The van der Waals surface area contributed by atoms with E-state index in [0.29, 0.717) is 23.5 Å². The maximum atomic E-state index is 12.0. The van der Waals surface area contributed by atoms with Crippen LogP contribution in [0.25, 0.3) is 0 Å². The van der Waals surface area contributed by atoms with Crippen LogP contribution in [0.3, 0.4) is 0 Å². The van der Waals surface area contributed by atoms with E-state index in [0.717, 1.165) is 5.56 Å². The zero-order valence-corrected chi connectivity index (χ0v) is 12.4. The predicted octanol–water partition coefficient (Wildman–Crippen LogP) is 3.52. The van der Waals surface area contributed by atoms with Crippen molar-refractivity contribution in [2.75, 3.05) is 5.75 Å². The van der Waals surface area contributed by atoms with Gasteiger partial charge in [0.05, 0.1) is 0 Å². The molecule has 0 aliphatic rings. The molecule has 0 amide bonds. The molecule has 2 rings (SSSR count). The molecular weight excluding hydrogens is 268 g/mol. The minimum Gasteiger partial charge on any atom is -0.294 e. The van der Waals surface area contributed by atoms with E-state index in [1.807, 2.05) is 49.4 Å². The Hall–Kier alpha value is -1.74. The SMILES string of the molecule is Cc1cccc(CS(=O)CCC(=O)c2ccccc2)c1. The number of aryl methyl sites for hydroxylation is 1. The summed E-state index contributed by atoms with van der Waals surface area (Å²) >= 11 is 0. The average Bonchev–Trinajstić information content (AvgIpc) is 2.46. The molecule has 0 saturated carbocycles. The fraction of sp³-hybridized carbons (Fsp3) is 0.235. The molecule has 0 heterocycles. The first-order chi connectivity index (χ1) is 9.65. The minimum atomic E-state index is -0.994. The number of hydrogen-bond acceptors (Lipinski definition) is 2. The molecule has 0 saturated heterocycles. The highest BCUT2D eigenvalue weighted by Gasteiger charge is 2.08. The van der Waals surface area contributed by atoms with E-state index in [4.69, 9.17) is 0 Å². The highest BCUT2D eigenvalue weighted by Crippen LogP contribution is 2.09. The number of rotatable bonds is 6. The van der Waals surface area contributed by atoms with Crippen LogP contribution >= 0.6 is 0 Å². The monoisotopic (exact) mass is 286 g/mol. The van der Waals surface area contributed by atoms with E-state index in [9.17, 15) is 9.00 Å². The summed E-state index contributed by atoms with van der Waals surface area (Å²) in [7, 11) is -0.994. The highest BCUT2D eigenvalue weighted by atomic mass is 32.2. The molecule has 0 fully saturated rings. The lowest BCUT2D eigenvalue weighted by Crippen LogP contribution is -2.07. The van der Waals surface area contributed by atoms with Gasteiger partial charge in [-0.2, -0.15) is 0 Å². The predicted molar refractivity (Wildman–Crippen MR) is 83.3 cm³/mol. The third kappa shape index (κ3) is 4.42. The van der Waals surface area contributed by atoms with Gasteiger partial charge in [-0.15, -0.1) is 0 Å². The van der Waals surface area contributed by atoms with Crippen molar-refractivity contribution in [1.29, 1.82) is 0 Å². The third-order valence-corrected chi connectivity index (χ3v) is 4.38. The standard InChI is InChI=1S/C17H18O2S/c1-14-6-5-7-15(12-14)13-20(19)11-10-17(18)16-8-3-2-4-9-16/h2-9,12H,10-11,13H2,1H3. The van der Waals surface area contributed by atoms with Gasteiger partial charge in [0.25, 0.3) is 0 Å². The van der Waals surface area contributed by atoms with Gasteiger partial charge in [-0.3, -0.25) is 9.00 Å². The van der Waals surface area contributed by atoms with Gasteiger partial charge in [0.15, 0.2) is 5.78 Å². The summed E-state index contributed by atoms with van der Waals surface area (Å²) in [6.45, 7) is 2.02. The van der Waals surface area contributed by atoms with Crippen molar-refractivity contribution in [3.63, 3.8) is 0 Å². The molecule has 0 spiro atoms. The summed E-state index contributed by atoms with van der Waals surface area (Å²) in [6.07, 6.45) is 0.336. The summed E-state index contributed by atoms with van der Waals surface area (Å²) in [4.78, 5) is 11.9. The van der Waals surface area contributed by atoms with Crippen molar-refractivity contribution in [3.05, 3.63) is 71.3 Å². The number of hydrogen-bond donors (Lipinski definition) is 0. The first-order valence-electron chi connectivity index (χ1n) is 6.64. The molecule has 0 aliphatic heterocycles. The molecule has 0 bridgehead atoms. The fourth-order valence-corrected chi connectivity index (χ4v) is 3.14. The van der Waals surface area contributed by atoms with Gasteiger partial charge in [0, 0.05) is 34.3 Å². The molecular formula is C17H18O2S. The molecule has 2 aromatic rings. The van der Waals surface area contributed by atoms with E-state index in [2.05, 4.69) is 0 Å². The van der Waals surface area contributed by atoms with E-state index in [-0.39, 0.29) is 5.78 Å². The van der Waals surface area contributed by atoms with Crippen LogP contribution < -0.4 is 0 Å².